The summed E-state index contributed by atoms with van der Waals surface area (Å²) in [6, 6.07) is 16.7. The maximum absolute atomic E-state index is 6.37. The third kappa shape index (κ3) is 5.72. The maximum atomic E-state index is 6.37. The summed E-state index contributed by atoms with van der Waals surface area (Å²) in [7, 11) is 0. The highest BCUT2D eigenvalue weighted by Gasteiger charge is 2.21. The van der Waals surface area contributed by atoms with Crippen LogP contribution in [0.3, 0.4) is 0 Å². The van der Waals surface area contributed by atoms with Gasteiger partial charge in [-0.3, -0.25) is 0 Å². The van der Waals surface area contributed by atoms with Gasteiger partial charge in [-0.05, 0) is 68.0 Å². The number of rotatable bonds is 6. The van der Waals surface area contributed by atoms with Gasteiger partial charge in [0, 0.05) is 12.6 Å². The molecule has 1 fully saturated rings. The van der Waals surface area contributed by atoms with Gasteiger partial charge in [0.05, 0.1) is 10.0 Å². The first-order valence-electron chi connectivity index (χ1n) is 9.06. The molecule has 0 aromatic heterocycles. The van der Waals surface area contributed by atoms with Gasteiger partial charge in [-0.15, -0.1) is 0 Å². The molecule has 1 aliphatic rings. The largest absolute Gasteiger partial charge is 0.326 e. The zero-order valence-electron chi connectivity index (χ0n) is 14.5. The summed E-state index contributed by atoms with van der Waals surface area (Å²) in [5.74, 6) is 0.796. The second-order valence-electron chi connectivity index (χ2n) is 7.15. The van der Waals surface area contributed by atoms with E-state index in [1.165, 1.54) is 24.8 Å². The Labute approximate surface area is 160 Å². The minimum atomic E-state index is 0.128. The minimum absolute atomic E-state index is 0.128. The fourth-order valence-corrected chi connectivity index (χ4v) is 4.01. The van der Waals surface area contributed by atoms with Crippen LogP contribution in [0.4, 0.5) is 0 Å². The van der Waals surface area contributed by atoms with Crippen molar-refractivity contribution in [3.63, 3.8) is 0 Å². The fraction of sp³-hybridized carbons (Fsp3) is 0.429. The van der Waals surface area contributed by atoms with Crippen molar-refractivity contribution in [2.24, 2.45) is 11.7 Å². The van der Waals surface area contributed by atoms with Crippen LogP contribution in [-0.2, 0) is 12.8 Å². The Balaban J connectivity index is 1.43. The van der Waals surface area contributed by atoms with E-state index in [1.807, 2.05) is 18.2 Å². The van der Waals surface area contributed by atoms with Crippen molar-refractivity contribution in [1.82, 2.24) is 4.90 Å². The molecule has 2 aromatic rings. The number of hydrogen-bond donors (Lipinski definition) is 1. The Morgan fingerprint density at radius 2 is 1.68 bits per heavy atom. The second-order valence-corrected chi connectivity index (χ2v) is 7.96. The molecule has 25 heavy (non-hydrogen) atoms. The minimum Gasteiger partial charge on any atom is -0.326 e. The monoisotopic (exact) mass is 376 g/mol. The summed E-state index contributed by atoms with van der Waals surface area (Å²) in [4.78, 5) is 2.50. The van der Waals surface area contributed by atoms with E-state index < -0.39 is 0 Å². The van der Waals surface area contributed by atoms with Crippen molar-refractivity contribution in [2.45, 2.75) is 31.7 Å². The van der Waals surface area contributed by atoms with Crippen LogP contribution in [0.15, 0.2) is 48.5 Å². The number of likely N-dealkylation sites (tertiary alicyclic amines) is 1. The van der Waals surface area contributed by atoms with Crippen LogP contribution >= 0.6 is 23.2 Å². The first-order chi connectivity index (χ1) is 12.1. The Morgan fingerprint density at radius 3 is 2.36 bits per heavy atom. The first kappa shape index (κ1) is 18.7. The number of nitrogens with zero attached hydrogens (tertiary/aromatic N) is 1. The van der Waals surface area contributed by atoms with Crippen molar-refractivity contribution in [3.8, 4) is 0 Å². The molecule has 2 nitrogen and oxygen atoms in total. The second kappa shape index (κ2) is 9.05. The topological polar surface area (TPSA) is 29.3 Å². The van der Waals surface area contributed by atoms with Crippen LogP contribution in [0.2, 0.25) is 10.0 Å². The lowest BCUT2D eigenvalue weighted by Gasteiger charge is -2.33. The molecule has 1 atom stereocenters. The van der Waals surface area contributed by atoms with E-state index in [4.69, 9.17) is 28.9 Å². The van der Waals surface area contributed by atoms with E-state index in [-0.39, 0.29) is 6.04 Å². The van der Waals surface area contributed by atoms with Crippen molar-refractivity contribution in [2.75, 3.05) is 19.6 Å². The molecule has 0 radical (unpaired) electrons. The summed E-state index contributed by atoms with van der Waals surface area (Å²) in [6.45, 7) is 3.23. The Bertz CT molecular complexity index is 667. The number of halogens is 2. The van der Waals surface area contributed by atoms with Gasteiger partial charge in [0.1, 0.15) is 0 Å². The number of benzene rings is 2. The Morgan fingerprint density at radius 1 is 0.960 bits per heavy atom. The molecule has 2 aromatic carbocycles. The van der Waals surface area contributed by atoms with Gasteiger partial charge in [0.2, 0.25) is 0 Å². The van der Waals surface area contributed by atoms with E-state index in [0.29, 0.717) is 10.0 Å². The average molecular weight is 377 g/mol. The van der Waals surface area contributed by atoms with E-state index in [2.05, 4.69) is 35.2 Å². The van der Waals surface area contributed by atoms with Crippen LogP contribution in [0, 0.1) is 5.92 Å². The van der Waals surface area contributed by atoms with Crippen molar-refractivity contribution < 1.29 is 0 Å². The molecule has 1 heterocycles. The molecule has 1 aliphatic heterocycles. The van der Waals surface area contributed by atoms with Crippen LogP contribution in [-0.4, -0.2) is 30.6 Å². The normalized spacial score (nSPS) is 17.6. The summed E-state index contributed by atoms with van der Waals surface area (Å²) in [5.41, 5.74) is 8.97. The van der Waals surface area contributed by atoms with Crippen LogP contribution in [0.5, 0.6) is 0 Å². The van der Waals surface area contributed by atoms with Crippen LogP contribution in [0.1, 0.15) is 24.0 Å². The molecule has 0 aliphatic carbocycles. The van der Waals surface area contributed by atoms with Crippen molar-refractivity contribution in [1.29, 1.82) is 0 Å². The quantitative estimate of drug-likeness (QED) is 0.782. The number of piperidine rings is 1. The molecule has 3 rings (SSSR count). The van der Waals surface area contributed by atoms with Gasteiger partial charge in [-0.25, -0.2) is 0 Å². The van der Waals surface area contributed by atoms with E-state index >= 15 is 0 Å². The Kier molecular flexibility index (Phi) is 6.77. The fourth-order valence-electron chi connectivity index (χ4n) is 3.69. The van der Waals surface area contributed by atoms with Gasteiger partial charge in [-0.2, -0.15) is 0 Å². The SMILES string of the molecule is NC(Cc1ccc(Cl)c(Cl)c1)CN1CCC(Cc2ccccc2)CC1. The average Bonchev–Trinajstić information content (AvgIpc) is 2.61. The smallest absolute Gasteiger partial charge is 0.0595 e. The predicted octanol–water partition coefficient (Wildman–Crippen LogP) is 4.82. The predicted molar refractivity (Wildman–Crippen MR) is 107 cm³/mol. The molecule has 4 heteroatoms. The highest BCUT2D eigenvalue weighted by Crippen LogP contribution is 2.24. The number of hydrogen-bond acceptors (Lipinski definition) is 2. The van der Waals surface area contributed by atoms with Gasteiger partial charge >= 0.3 is 0 Å². The zero-order valence-corrected chi connectivity index (χ0v) is 16.0. The lowest BCUT2D eigenvalue weighted by molar-refractivity contribution is 0.175. The molecule has 0 spiro atoms. The molecular weight excluding hydrogens is 351 g/mol. The molecular formula is C21H26Cl2N2. The first-order valence-corrected chi connectivity index (χ1v) is 9.81. The third-order valence-corrected chi connectivity index (χ3v) is 5.79. The summed E-state index contributed by atoms with van der Waals surface area (Å²) >= 11 is 12.1. The van der Waals surface area contributed by atoms with Crippen LogP contribution < -0.4 is 5.73 Å². The van der Waals surface area contributed by atoms with Crippen molar-refractivity contribution >= 4 is 23.2 Å². The molecule has 1 unspecified atom stereocenters. The molecule has 0 saturated carbocycles. The van der Waals surface area contributed by atoms with E-state index in [1.54, 1.807) is 0 Å². The maximum Gasteiger partial charge on any atom is 0.0595 e. The molecule has 0 bridgehead atoms. The number of nitrogens with two attached hydrogens (primary N) is 1. The molecule has 1 saturated heterocycles. The highest BCUT2D eigenvalue weighted by atomic mass is 35.5. The lowest BCUT2D eigenvalue weighted by Crippen LogP contribution is -2.43. The van der Waals surface area contributed by atoms with Gasteiger partial charge in [0.15, 0.2) is 0 Å². The van der Waals surface area contributed by atoms with Crippen LogP contribution in [0.25, 0.3) is 0 Å². The summed E-state index contributed by atoms with van der Waals surface area (Å²) in [5, 5.41) is 1.20. The summed E-state index contributed by atoms with van der Waals surface area (Å²) in [6.07, 6.45) is 4.55. The molecule has 2 N–H and O–H groups in total. The zero-order chi connectivity index (χ0) is 17.6. The molecule has 0 amide bonds. The van der Waals surface area contributed by atoms with Gasteiger partial charge < -0.3 is 10.6 Å². The highest BCUT2D eigenvalue weighted by molar-refractivity contribution is 6.42. The van der Waals surface area contributed by atoms with E-state index in [0.717, 1.165) is 37.5 Å². The van der Waals surface area contributed by atoms with Gasteiger partial charge in [0.25, 0.3) is 0 Å². The van der Waals surface area contributed by atoms with E-state index in [9.17, 15) is 0 Å². The van der Waals surface area contributed by atoms with Gasteiger partial charge in [-0.1, -0.05) is 59.6 Å². The van der Waals surface area contributed by atoms with Crippen molar-refractivity contribution in [3.05, 3.63) is 69.7 Å². The standard InChI is InChI=1S/C21H26Cl2N2/c22-20-7-6-18(14-21(20)23)13-19(24)15-25-10-8-17(9-11-25)12-16-4-2-1-3-5-16/h1-7,14,17,19H,8-13,15,24H2. The third-order valence-electron chi connectivity index (χ3n) is 5.05. The lowest BCUT2D eigenvalue weighted by atomic mass is 9.90. The summed E-state index contributed by atoms with van der Waals surface area (Å²) < 4.78 is 0. The Hall–Kier alpha value is -1.06. The molecule has 134 valence electrons.